The van der Waals surface area contributed by atoms with E-state index in [9.17, 15) is 0 Å². The molecule has 2 N–H and O–H groups in total. The van der Waals surface area contributed by atoms with Gasteiger partial charge in [-0.15, -0.1) is 5.10 Å². The van der Waals surface area contributed by atoms with Crippen molar-refractivity contribution < 1.29 is 4.74 Å². The molecule has 80 valence electrons. The summed E-state index contributed by atoms with van der Waals surface area (Å²) in [5, 5.41) is 7.59. The Morgan fingerprint density at radius 1 is 1.57 bits per heavy atom. The molecule has 0 aliphatic carbocycles. The zero-order valence-corrected chi connectivity index (χ0v) is 9.19. The van der Waals surface area contributed by atoms with E-state index in [0.29, 0.717) is 12.4 Å². The molecule has 1 aromatic rings. The van der Waals surface area contributed by atoms with Crippen molar-refractivity contribution in [2.24, 2.45) is 0 Å². The lowest BCUT2D eigenvalue weighted by Crippen LogP contribution is -2.33. The van der Waals surface area contributed by atoms with E-state index in [2.05, 4.69) is 10.3 Å². The molecule has 1 heterocycles. The molecule has 0 unspecified atom stereocenters. The van der Waals surface area contributed by atoms with E-state index in [-0.39, 0.29) is 11.7 Å². The molecule has 14 heavy (non-hydrogen) atoms. The normalized spacial score (nSPS) is 12.4. The van der Waals surface area contributed by atoms with Gasteiger partial charge in [-0.2, -0.15) is 0 Å². The van der Waals surface area contributed by atoms with Crippen molar-refractivity contribution >= 4 is 5.82 Å². The summed E-state index contributed by atoms with van der Waals surface area (Å²) < 4.78 is 7.41. The molecule has 0 spiro atoms. The fraction of sp³-hybridized carbons (Fsp3) is 0.778. The number of rotatable bonds is 4. The zero-order valence-electron chi connectivity index (χ0n) is 9.19. The molecular weight excluding hydrogens is 180 g/mol. The first kappa shape index (κ1) is 11.0. The van der Waals surface area contributed by atoms with Crippen LogP contribution >= 0.6 is 0 Å². The van der Waals surface area contributed by atoms with Gasteiger partial charge in [0.2, 0.25) is 0 Å². The molecule has 0 aromatic carbocycles. The molecule has 0 fully saturated rings. The molecule has 0 amide bonds. The Labute approximate surface area is 84.2 Å². The molecule has 0 aliphatic rings. The number of hydrogen-bond acceptors (Lipinski definition) is 4. The van der Waals surface area contributed by atoms with Crippen LogP contribution in [0.3, 0.4) is 0 Å². The van der Waals surface area contributed by atoms with Gasteiger partial charge in [-0.05, 0) is 27.7 Å². The summed E-state index contributed by atoms with van der Waals surface area (Å²) in [5.41, 5.74) is 5.21. The Balaban J connectivity index is 2.58. The van der Waals surface area contributed by atoms with E-state index in [4.69, 9.17) is 10.5 Å². The average molecular weight is 198 g/mol. The average Bonchev–Trinajstić information content (AvgIpc) is 2.30. The van der Waals surface area contributed by atoms with Crippen LogP contribution in [-0.4, -0.2) is 26.7 Å². The summed E-state index contributed by atoms with van der Waals surface area (Å²) in [4.78, 5) is 0. The molecular formula is C9H18N4O. The largest absolute Gasteiger partial charge is 0.381 e. The number of aromatic nitrogens is 3. The van der Waals surface area contributed by atoms with Gasteiger partial charge in [-0.1, -0.05) is 5.21 Å². The van der Waals surface area contributed by atoms with Gasteiger partial charge < -0.3 is 10.5 Å². The summed E-state index contributed by atoms with van der Waals surface area (Å²) in [6, 6.07) is 0. The lowest BCUT2D eigenvalue weighted by atomic mass is 10.1. The van der Waals surface area contributed by atoms with Gasteiger partial charge >= 0.3 is 0 Å². The number of nitrogens with zero attached hydrogens (tertiary/aromatic N) is 3. The molecule has 1 aromatic heterocycles. The van der Waals surface area contributed by atoms with Gasteiger partial charge in [0, 0.05) is 0 Å². The highest BCUT2D eigenvalue weighted by Crippen LogP contribution is 2.14. The molecule has 5 nitrogen and oxygen atoms in total. The second-order valence-electron chi connectivity index (χ2n) is 4.27. The lowest BCUT2D eigenvalue weighted by Gasteiger charge is -2.27. The first-order chi connectivity index (χ1) is 6.39. The van der Waals surface area contributed by atoms with Crippen molar-refractivity contribution in [1.82, 2.24) is 15.0 Å². The molecule has 0 atom stereocenters. The third-order valence-electron chi connectivity index (χ3n) is 1.65. The Morgan fingerprint density at radius 3 is 2.64 bits per heavy atom. The minimum atomic E-state index is -0.256. The maximum absolute atomic E-state index is 5.72. The Morgan fingerprint density at radius 2 is 2.21 bits per heavy atom. The highest BCUT2D eigenvalue weighted by Gasteiger charge is 2.21. The number of nitrogen functional groups attached to an aromatic ring is 1. The highest BCUT2D eigenvalue weighted by atomic mass is 16.5. The summed E-state index contributed by atoms with van der Waals surface area (Å²) in [5.74, 6) is 0.436. The summed E-state index contributed by atoms with van der Waals surface area (Å²) in [6.07, 6.45) is 1.90. The van der Waals surface area contributed by atoms with Gasteiger partial charge in [0.25, 0.3) is 0 Å². The summed E-state index contributed by atoms with van der Waals surface area (Å²) in [6.45, 7) is 8.71. The maximum Gasteiger partial charge on any atom is 0.165 e. The van der Waals surface area contributed by atoms with Crippen LogP contribution in [0, 0.1) is 0 Å². The van der Waals surface area contributed by atoms with Gasteiger partial charge in [-0.25, -0.2) is 4.68 Å². The molecule has 5 heteroatoms. The molecule has 0 radical (unpaired) electrons. The van der Waals surface area contributed by atoms with Crippen LogP contribution < -0.4 is 5.73 Å². The van der Waals surface area contributed by atoms with Crippen LogP contribution in [0.15, 0.2) is 6.20 Å². The third kappa shape index (κ3) is 3.33. The number of ether oxygens (including phenoxy) is 1. The summed E-state index contributed by atoms with van der Waals surface area (Å²) >= 11 is 0. The zero-order chi connectivity index (χ0) is 10.8. The van der Waals surface area contributed by atoms with Crippen LogP contribution in [0.2, 0.25) is 0 Å². The van der Waals surface area contributed by atoms with Crippen molar-refractivity contribution in [3.8, 4) is 0 Å². The smallest absolute Gasteiger partial charge is 0.165 e. The third-order valence-corrected chi connectivity index (χ3v) is 1.65. The Hall–Kier alpha value is -1.10. The van der Waals surface area contributed by atoms with E-state index < -0.39 is 0 Å². The van der Waals surface area contributed by atoms with Crippen molar-refractivity contribution in [3.63, 3.8) is 0 Å². The fourth-order valence-corrected chi connectivity index (χ4v) is 1.46. The predicted octanol–water partition coefficient (Wildman–Crippen LogP) is 1.06. The van der Waals surface area contributed by atoms with E-state index in [0.717, 1.165) is 0 Å². The topological polar surface area (TPSA) is 66.0 Å². The van der Waals surface area contributed by atoms with E-state index in [1.807, 2.05) is 27.7 Å². The second-order valence-corrected chi connectivity index (χ2v) is 4.27. The van der Waals surface area contributed by atoms with Crippen LogP contribution in [0.4, 0.5) is 5.82 Å². The fourth-order valence-electron chi connectivity index (χ4n) is 1.46. The first-order valence-corrected chi connectivity index (χ1v) is 4.72. The monoisotopic (exact) mass is 198 g/mol. The number of nitrogens with two attached hydrogens (primary N) is 1. The van der Waals surface area contributed by atoms with Crippen LogP contribution in [0.5, 0.6) is 0 Å². The van der Waals surface area contributed by atoms with E-state index in [1.165, 1.54) is 0 Å². The van der Waals surface area contributed by atoms with Crippen molar-refractivity contribution in [1.29, 1.82) is 0 Å². The van der Waals surface area contributed by atoms with Crippen molar-refractivity contribution in [2.45, 2.75) is 45.9 Å². The standard InChI is InChI=1S/C9H18N4O/c1-7(2)14-9(3,4)6-13-5-8(10)11-12-13/h5,7H,6,10H2,1-4H3. The van der Waals surface area contributed by atoms with E-state index in [1.54, 1.807) is 10.9 Å². The van der Waals surface area contributed by atoms with Crippen molar-refractivity contribution in [2.75, 3.05) is 5.73 Å². The molecule has 1 rings (SSSR count). The highest BCUT2D eigenvalue weighted by molar-refractivity contribution is 5.19. The molecule has 0 aliphatic heterocycles. The molecule has 0 bridgehead atoms. The van der Waals surface area contributed by atoms with Crippen LogP contribution in [-0.2, 0) is 11.3 Å². The summed E-state index contributed by atoms with van der Waals surface area (Å²) in [7, 11) is 0. The van der Waals surface area contributed by atoms with Gasteiger partial charge in [-0.3, -0.25) is 0 Å². The van der Waals surface area contributed by atoms with Gasteiger partial charge in [0.05, 0.1) is 24.4 Å². The predicted molar refractivity (Wildman–Crippen MR) is 54.7 cm³/mol. The van der Waals surface area contributed by atoms with E-state index >= 15 is 0 Å². The number of anilines is 1. The van der Waals surface area contributed by atoms with Gasteiger partial charge in [0.1, 0.15) is 0 Å². The molecule has 0 saturated heterocycles. The molecule has 0 saturated carbocycles. The SMILES string of the molecule is CC(C)OC(C)(C)Cn1cc(N)nn1. The van der Waals surface area contributed by atoms with Crippen molar-refractivity contribution in [3.05, 3.63) is 6.20 Å². The van der Waals surface area contributed by atoms with Crippen LogP contribution in [0.1, 0.15) is 27.7 Å². The first-order valence-electron chi connectivity index (χ1n) is 4.72. The van der Waals surface area contributed by atoms with Gasteiger partial charge in [0.15, 0.2) is 5.82 Å². The van der Waals surface area contributed by atoms with Crippen LogP contribution in [0.25, 0.3) is 0 Å². The Kier molecular flexibility index (Phi) is 3.10. The Bertz CT molecular complexity index is 293. The maximum atomic E-state index is 5.72. The number of hydrogen-bond donors (Lipinski definition) is 1. The lowest BCUT2D eigenvalue weighted by molar-refractivity contribution is -0.0673. The minimum Gasteiger partial charge on any atom is -0.381 e. The second kappa shape index (κ2) is 3.96. The quantitative estimate of drug-likeness (QED) is 0.785. The minimum absolute atomic E-state index is 0.200.